The number of rotatable bonds is 7. The quantitative estimate of drug-likeness (QED) is 0.777. The summed E-state index contributed by atoms with van der Waals surface area (Å²) < 4.78 is 66.6. The summed E-state index contributed by atoms with van der Waals surface area (Å²) in [6.07, 6.45) is -3.77. The predicted octanol–water partition coefficient (Wildman–Crippen LogP) is 3.00. The first-order valence-electron chi connectivity index (χ1n) is 5.53. The number of likely N-dealkylation sites (N-methyl/N-ethyl adjacent to an activating group) is 1. The van der Waals surface area contributed by atoms with Gasteiger partial charge in [0.2, 0.25) is 0 Å². The Labute approximate surface area is 107 Å². The number of hydrogen-bond acceptors (Lipinski definition) is 2. The van der Waals surface area contributed by atoms with Crippen LogP contribution >= 0.6 is 0 Å². The van der Waals surface area contributed by atoms with Crippen molar-refractivity contribution in [3.05, 3.63) is 35.6 Å². The lowest BCUT2D eigenvalue weighted by Gasteiger charge is -2.20. The van der Waals surface area contributed by atoms with Crippen LogP contribution in [-0.4, -0.2) is 32.6 Å². The number of benzene rings is 1. The monoisotopic (exact) mass is 283 g/mol. The second-order valence-corrected chi connectivity index (χ2v) is 3.97. The summed E-state index contributed by atoms with van der Waals surface area (Å²) in [5, 5.41) is 2.74. The largest absolute Gasteiger partial charge is 0.373 e. The highest BCUT2D eigenvalue weighted by molar-refractivity contribution is 5.20. The molecule has 108 valence electrons. The van der Waals surface area contributed by atoms with Gasteiger partial charge < -0.3 is 10.1 Å². The van der Waals surface area contributed by atoms with Crippen molar-refractivity contribution in [1.82, 2.24) is 5.32 Å². The maximum atomic E-state index is 13.0. The standard InChI is InChI=1S/C12H14F5NO/c1-18-10(8-3-2-4-9(13)5-8)6-19-7-12(16,17)11(14)15/h2-5,10-11,18H,6-7H2,1H3. The number of alkyl halides is 4. The van der Waals surface area contributed by atoms with Crippen molar-refractivity contribution in [2.24, 2.45) is 0 Å². The van der Waals surface area contributed by atoms with Gasteiger partial charge in [-0.15, -0.1) is 0 Å². The minimum atomic E-state index is -4.18. The van der Waals surface area contributed by atoms with Crippen molar-refractivity contribution in [2.45, 2.75) is 18.4 Å². The molecular weight excluding hydrogens is 269 g/mol. The fourth-order valence-corrected chi connectivity index (χ4v) is 1.45. The van der Waals surface area contributed by atoms with E-state index in [1.807, 2.05) is 0 Å². The molecule has 0 aliphatic heterocycles. The molecule has 1 N–H and O–H groups in total. The van der Waals surface area contributed by atoms with Crippen LogP contribution in [0.1, 0.15) is 11.6 Å². The van der Waals surface area contributed by atoms with Crippen molar-refractivity contribution in [1.29, 1.82) is 0 Å². The number of ether oxygens (including phenoxy) is 1. The van der Waals surface area contributed by atoms with Crippen LogP contribution in [0.5, 0.6) is 0 Å². The zero-order valence-corrected chi connectivity index (χ0v) is 10.2. The first-order chi connectivity index (χ1) is 8.86. The highest BCUT2D eigenvalue weighted by Gasteiger charge is 2.41. The summed E-state index contributed by atoms with van der Waals surface area (Å²) in [7, 11) is 1.53. The van der Waals surface area contributed by atoms with Gasteiger partial charge in [-0.3, -0.25) is 0 Å². The number of nitrogens with one attached hydrogen (secondary N) is 1. The second kappa shape index (κ2) is 6.81. The van der Waals surface area contributed by atoms with E-state index >= 15 is 0 Å². The Bertz CT molecular complexity index is 399. The zero-order chi connectivity index (χ0) is 14.5. The molecule has 1 aromatic carbocycles. The molecule has 0 amide bonds. The van der Waals surface area contributed by atoms with Gasteiger partial charge in [-0.05, 0) is 24.7 Å². The normalized spacial score (nSPS) is 13.8. The Balaban J connectivity index is 2.55. The predicted molar refractivity (Wildman–Crippen MR) is 60.0 cm³/mol. The van der Waals surface area contributed by atoms with E-state index in [4.69, 9.17) is 0 Å². The molecule has 0 heterocycles. The number of halogens is 5. The van der Waals surface area contributed by atoms with Gasteiger partial charge in [0.15, 0.2) is 0 Å². The molecule has 7 heteroatoms. The Morgan fingerprint density at radius 1 is 1.32 bits per heavy atom. The van der Waals surface area contributed by atoms with E-state index in [0.29, 0.717) is 5.56 Å². The fraction of sp³-hybridized carbons (Fsp3) is 0.500. The zero-order valence-electron chi connectivity index (χ0n) is 10.2. The van der Waals surface area contributed by atoms with Crippen LogP contribution in [0.3, 0.4) is 0 Å². The lowest BCUT2D eigenvalue weighted by Crippen LogP contribution is -2.34. The van der Waals surface area contributed by atoms with E-state index in [2.05, 4.69) is 10.1 Å². The first kappa shape index (κ1) is 15.8. The highest BCUT2D eigenvalue weighted by atomic mass is 19.3. The van der Waals surface area contributed by atoms with Crippen LogP contribution in [0, 0.1) is 5.82 Å². The molecular formula is C12H14F5NO. The van der Waals surface area contributed by atoms with Gasteiger partial charge in [-0.2, -0.15) is 8.78 Å². The van der Waals surface area contributed by atoms with Gasteiger partial charge in [0.25, 0.3) is 0 Å². The summed E-state index contributed by atoms with van der Waals surface area (Å²) in [6, 6.07) is 4.95. The molecule has 0 fully saturated rings. The maximum absolute atomic E-state index is 13.0. The highest BCUT2D eigenvalue weighted by Crippen LogP contribution is 2.23. The first-order valence-corrected chi connectivity index (χ1v) is 5.53. The van der Waals surface area contributed by atoms with Gasteiger partial charge in [0.05, 0.1) is 12.6 Å². The lowest BCUT2D eigenvalue weighted by atomic mass is 10.1. The van der Waals surface area contributed by atoms with Crippen molar-refractivity contribution < 1.29 is 26.7 Å². The molecule has 1 aromatic rings. The molecule has 0 saturated heterocycles. The molecule has 19 heavy (non-hydrogen) atoms. The van der Waals surface area contributed by atoms with E-state index < -0.39 is 30.8 Å². The smallest absolute Gasteiger partial charge is 0.330 e. The fourth-order valence-electron chi connectivity index (χ4n) is 1.45. The molecule has 0 aliphatic carbocycles. The van der Waals surface area contributed by atoms with E-state index in [1.165, 1.54) is 25.2 Å². The van der Waals surface area contributed by atoms with Crippen LogP contribution in [0.4, 0.5) is 22.0 Å². The van der Waals surface area contributed by atoms with Gasteiger partial charge in [0.1, 0.15) is 12.4 Å². The molecule has 0 saturated carbocycles. The summed E-state index contributed by atoms with van der Waals surface area (Å²) in [5.74, 6) is -4.66. The van der Waals surface area contributed by atoms with Crippen LogP contribution in [0.15, 0.2) is 24.3 Å². The van der Waals surface area contributed by atoms with Crippen LogP contribution < -0.4 is 5.32 Å². The van der Waals surface area contributed by atoms with Crippen molar-refractivity contribution in [2.75, 3.05) is 20.3 Å². The minimum absolute atomic E-state index is 0.262. The Hall–Kier alpha value is -1.21. The third-order valence-corrected chi connectivity index (χ3v) is 2.50. The van der Waals surface area contributed by atoms with Crippen molar-refractivity contribution >= 4 is 0 Å². The third kappa shape index (κ3) is 4.76. The Kier molecular flexibility index (Phi) is 5.68. The van der Waals surface area contributed by atoms with Crippen molar-refractivity contribution in [3.63, 3.8) is 0 Å². The third-order valence-electron chi connectivity index (χ3n) is 2.50. The molecule has 0 spiro atoms. The Morgan fingerprint density at radius 3 is 2.53 bits per heavy atom. The summed E-state index contributed by atoms with van der Waals surface area (Å²) >= 11 is 0. The van der Waals surface area contributed by atoms with Crippen LogP contribution in [0.25, 0.3) is 0 Å². The van der Waals surface area contributed by atoms with Gasteiger partial charge in [0, 0.05) is 0 Å². The van der Waals surface area contributed by atoms with E-state index in [-0.39, 0.29) is 6.61 Å². The average molecular weight is 283 g/mol. The molecule has 0 aliphatic rings. The number of hydrogen-bond donors (Lipinski definition) is 1. The maximum Gasteiger partial charge on any atom is 0.330 e. The Morgan fingerprint density at radius 2 is 2.00 bits per heavy atom. The van der Waals surface area contributed by atoms with Gasteiger partial charge in [-0.1, -0.05) is 12.1 Å². The van der Waals surface area contributed by atoms with Crippen LogP contribution in [-0.2, 0) is 4.74 Å². The second-order valence-electron chi connectivity index (χ2n) is 3.97. The topological polar surface area (TPSA) is 21.3 Å². The molecule has 1 unspecified atom stereocenters. The SMILES string of the molecule is CNC(COCC(F)(F)C(F)F)c1cccc(F)c1. The molecule has 2 nitrogen and oxygen atoms in total. The van der Waals surface area contributed by atoms with E-state index in [0.717, 1.165) is 0 Å². The molecule has 0 radical (unpaired) electrons. The summed E-state index contributed by atoms with van der Waals surface area (Å²) in [6.45, 7) is -1.64. The molecule has 1 rings (SSSR count). The van der Waals surface area contributed by atoms with E-state index in [9.17, 15) is 22.0 Å². The molecule has 0 bridgehead atoms. The molecule has 1 atom stereocenters. The van der Waals surface area contributed by atoms with E-state index in [1.54, 1.807) is 6.07 Å². The van der Waals surface area contributed by atoms with Gasteiger partial charge >= 0.3 is 12.3 Å². The van der Waals surface area contributed by atoms with Crippen molar-refractivity contribution in [3.8, 4) is 0 Å². The summed E-state index contributed by atoms with van der Waals surface area (Å²) in [4.78, 5) is 0. The minimum Gasteiger partial charge on any atom is -0.373 e. The summed E-state index contributed by atoms with van der Waals surface area (Å²) in [5.41, 5.74) is 0.489. The van der Waals surface area contributed by atoms with Crippen LogP contribution in [0.2, 0.25) is 0 Å². The van der Waals surface area contributed by atoms with Gasteiger partial charge in [-0.25, -0.2) is 13.2 Å². The average Bonchev–Trinajstić information content (AvgIpc) is 2.34. The molecule has 0 aromatic heterocycles. The lowest BCUT2D eigenvalue weighted by molar-refractivity contribution is -0.167.